The molecule has 0 radical (unpaired) electrons. The quantitative estimate of drug-likeness (QED) is 0.741. The van der Waals surface area contributed by atoms with E-state index < -0.39 is 0 Å². The van der Waals surface area contributed by atoms with Crippen molar-refractivity contribution in [2.45, 2.75) is 44.6 Å². The molecule has 2 heteroatoms. The predicted octanol–water partition coefficient (Wildman–Crippen LogP) is 1.86. The molecule has 0 amide bonds. The van der Waals surface area contributed by atoms with Crippen molar-refractivity contribution in [3.05, 3.63) is 0 Å². The first kappa shape index (κ1) is 10.4. The predicted molar refractivity (Wildman–Crippen MR) is 60.5 cm³/mol. The molecular formula is C12H24N2. The number of nitrogens with zero attached hydrogens (tertiary/aromatic N) is 1. The SMILES string of the molecule is CNC1CCN(CC2CCCC2)CC1. The van der Waals surface area contributed by atoms with Crippen LogP contribution < -0.4 is 5.32 Å². The molecule has 1 aliphatic carbocycles. The Labute approximate surface area is 88.1 Å². The molecule has 0 atom stereocenters. The monoisotopic (exact) mass is 196 g/mol. The number of nitrogens with one attached hydrogen (secondary N) is 1. The van der Waals surface area contributed by atoms with Crippen molar-refractivity contribution in [2.75, 3.05) is 26.7 Å². The summed E-state index contributed by atoms with van der Waals surface area (Å²) >= 11 is 0. The van der Waals surface area contributed by atoms with Gasteiger partial charge in [0.15, 0.2) is 0 Å². The van der Waals surface area contributed by atoms with Gasteiger partial charge >= 0.3 is 0 Å². The molecule has 1 saturated heterocycles. The second kappa shape index (κ2) is 5.13. The van der Waals surface area contributed by atoms with Gasteiger partial charge in [0.1, 0.15) is 0 Å². The maximum Gasteiger partial charge on any atom is 0.00884 e. The molecule has 0 bridgehead atoms. The molecular weight excluding hydrogens is 172 g/mol. The summed E-state index contributed by atoms with van der Waals surface area (Å²) in [5.74, 6) is 1.03. The number of hydrogen-bond donors (Lipinski definition) is 1. The van der Waals surface area contributed by atoms with Gasteiger partial charge in [-0.15, -0.1) is 0 Å². The molecule has 0 aromatic rings. The minimum absolute atomic E-state index is 0.787. The second-order valence-corrected chi connectivity index (χ2v) is 5.01. The van der Waals surface area contributed by atoms with E-state index in [0.29, 0.717) is 0 Å². The molecule has 0 unspecified atom stereocenters. The van der Waals surface area contributed by atoms with E-state index in [2.05, 4.69) is 17.3 Å². The zero-order valence-electron chi connectivity index (χ0n) is 9.47. The Kier molecular flexibility index (Phi) is 3.82. The van der Waals surface area contributed by atoms with Gasteiger partial charge in [-0.1, -0.05) is 12.8 Å². The van der Waals surface area contributed by atoms with Crippen molar-refractivity contribution in [1.82, 2.24) is 10.2 Å². The maximum absolute atomic E-state index is 3.39. The van der Waals surface area contributed by atoms with Gasteiger partial charge in [0.25, 0.3) is 0 Å². The molecule has 1 aliphatic heterocycles. The fraction of sp³-hybridized carbons (Fsp3) is 1.00. The first-order chi connectivity index (χ1) is 6.88. The highest BCUT2D eigenvalue weighted by Crippen LogP contribution is 2.26. The molecule has 14 heavy (non-hydrogen) atoms. The Hall–Kier alpha value is -0.0800. The molecule has 2 nitrogen and oxygen atoms in total. The van der Waals surface area contributed by atoms with Crippen molar-refractivity contribution in [1.29, 1.82) is 0 Å². The lowest BCUT2D eigenvalue weighted by molar-refractivity contribution is 0.176. The molecule has 1 saturated carbocycles. The third-order valence-electron chi connectivity index (χ3n) is 3.99. The van der Waals surface area contributed by atoms with E-state index in [1.807, 2.05) is 0 Å². The number of rotatable bonds is 3. The van der Waals surface area contributed by atoms with Crippen LogP contribution in [0.3, 0.4) is 0 Å². The topological polar surface area (TPSA) is 15.3 Å². The van der Waals surface area contributed by atoms with Crippen LogP contribution in [-0.2, 0) is 0 Å². The molecule has 0 aromatic carbocycles. The first-order valence-corrected chi connectivity index (χ1v) is 6.28. The highest BCUT2D eigenvalue weighted by Gasteiger charge is 2.22. The van der Waals surface area contributed by atoms with Gasteiger partial charge in [0, 0.05) is 12.6 Å². The summed E-state index contributed by atoms with van der Waals surface area (Å²) in [6.45, 7) is 4.03. The first-order valence-electron chi connectivity index (χ1n) is 6.28. The highest BCUT2D eigenvalue weighted by molar-refractivity contribution is 4.79. The van der Waals surface area contributed by atoms with E-state index >= 15 is 0 Å². The second-order valence-electron chi connectivity index (χ2n) is 5.01. The third kappa shape index (κ3) is 2.71. The van der Waals surface area contributed by atoms with Crippen LogP contribution >= 0.6 is 0 Å². The largest absolute Gasteiger partial charge is 0.317 e. The standard InChI is InChI=1S/C12H24N2/c1-13-12-6-8-14(9-7-12)10-11-4-2-3-5-11/h11-13H,2-10H2,1H3. The Balaban J connectivity index is 1.67. The molecule has 2 rings (SSSR count). The van der Waals surface area contributed by atoms with E-state index in [9.17, 15) is 0 Å². The van der Waals surface area contributed by atoms with E-state index in [-0.39, 0.29) is 0 Å². The van der Waals surface area contributed by atoms with Gasteiger partial charge in [0.2, 0.25) is 0 Å². The van der Waals surface area contributed by atoms with Crippen LogP contribution in [0.1, 0.15) is 38.5 Å². The zero-order chi connectivity index (χ0) is 9.80. The summed E-state index contributed by atoms with van der Waals surface area (Å²) in [4.78, 5) is 2.68. The van der Waals surface area contributed by atoms with Crippen molar-refractivity contribution in [3.8, 4) is 0 Å². The van der Waals surface area contributed by atoms with Gasteiger partial charge in [-0.25, -0.2) is 0 Å². The van der Waals surface area contributed by atoms with E-state index in [1.54, 1.807) is 0 Å². The molecule has 1 N–H and O–H groups in total. The summed E-state index contributed by atoms with van der Waals surface area (Å²) in [5, 5.41) is 3.39. The summed E-state index contributed by atoms with van der Waals surface area (Å²) in [6, 6.07) is 0.787. The van der Waals surface area contributed by atoms with Crippen LogP contribution in [0.15, 0.2) is 0 Å². The van der Waals surface area contributed by atoms with Crippen molar-refractivity contribution >= 4 is 0 Å². The summed E-state index contributed by atoms with van der Waals surface area (Å²) in [7, 11) is 2.09. The van der Waals surface area contributed by atoms with Gasteiger partial charge in [-0.2, -0.15) is 0 Å². The van der Waals surface area contributed by atoms with Crippen LogP contribution in [0.5, 0.6) is 0 Å². The van der Waals surface area contributed by atoms with E-state index in [1.165, 1.54) is 58.2 Å². The van der Waals surface area contributed by atoms with Crippen molar-refractivity contribution in [2.24, 2.45) is 5.92 Å². The molecule has 0 spiro atoms. The number of piperidine rings is 1. The van der Waals surface area contributed by atoms with Crippen LogP contribution in [-0.4, -0.2) is 37.6 Å². The van der Waals surface area contributed by atoms with E-state index in [4.69, 9.17) is 0 Å². The van der Waals surface area contributed by atoms with Crippen molar-refractivity contribution < 1.29 is 0 Å². The number of likely N-dealkylation sites (tertiary alicyclic amines) is 1. The highest BCUT2D eigenvalue weighted by atomic mass is 15.1. The Morgan fingerprint density at radius 3 is 2.29 bits per heavy atom. The Bertz CT molecular complexity index is 156. The average molecular weight is 196 g/mol. The van der Waals surface area contributed by atoms with Gasteiger partial charge < -0.3 is 10.2 Å². The summed E-state index contributed by atoms with van der Waals surface area (Å²) in [5.41, 5.74) is 0. The van der Waals surface area contributed by atoms with Crippen LogP contribution in [0.4, 0.5) is 0 Å². The summed E-state index contributed by atoms with van der Waals surface area (Å²) in [6.07, 6.45) is 8.65. The van der Waals surface area contributed by atoms with Gasteiger partial charge in [-0.05, 0) is 51.7 Å². The number of hydrogen-bond acceptors (Lipinski definition) is 2. The third-order valence-corrected chi connectivity index (χ3v) is 3.99. The minimum Gasteiger partial charge on any atom is -0.317 e. The van der Waals surface area contributed by atoms with Gasteiger partial charge in [0.05, 0.1) is 0 Å². The zero-order valence-corrected chi connectivity index (χ0v) is 9.47. The Morgan fingerprint density at radius 2 is 1.71 bits per heavy atom. The molecule has 2 aliphatic rings. The fourth-order valence-corrected chi connectivity index (χ4v) is 2.96. The Morgan fingerprint density at radius 1 is 1.07 bits per heavy atom. The molecule has 82 valence electrons. The summed E-state index contributed by atoms with van der Waals surface area (Å²) < 4.78 is 0. The lowest BCUT2D eigenvalue weighted by atomic mass is 10.0. The maximum atomic E-state index is 3.39. The van der Waals surface area contributed by atoms with Crippen LogP contribution in [0, 0.1) is 5.92 Å². The van der Waals surface area contributed by atoms with Gasteiger partial charge in [-0.3, -0.25) is 0 Å². The fourth-order valence-electron chi connectivity index (χ4n) is 2.96. The van der Waals surface area contributed by atoms with Crippen molar-refractivity contribution in [3.63, 3.8) is 0 Å². The lowest BCUT2D eigenvalue weighted by Crippen LogP contribution is -2.42. The normalized spacial score (nSPS) is 27.2. The minimum atomic E-state index is 0.787. The average Bonchev–Trinajstić information content (AvgIpc) is 2.72. The lowest BCUT2D eigenvalue weighted by Gasteiger charge is -2.33. The molecule has 0 aromatic heterocycles. The van der Waals surface area contributed by atoms with Crippen LogP contribution in [0.25, 0.3) is 0 Å². The van der Waals surface area contributed by atoms with E-state index in [0.717, 1.165) is 12.0 Å². The smallest absolute Gasteiger partial charge is 0.00884 e. The van der Waals surface area contributed by atoms with Crippen LogP contribution in [0.2, 0.25) is 0 Å². The molecule has 1 heterocycles. The molecule has 2 fully saturated rings.